The molecule has 0 aliphatic carbocycles. The molecule has 0 spiro atoms. The summed E-state index contributed by atoms with van der Waals surface area (Å²) in [6.45, 7) is 1.68. The first kappa shape index (κ1) is 16.3. The van der Waals surface area contributed by atoms with E-state index in [1.54, 1.807) is 33.3 Å². The lowest BCUT2D eigenvalue weighted by Crippen LogP contribution is -2.22. The number of hydrogen-bond donors (Lipinski definition) is 2. The van der Waals surface area contributed by atoms with Crippen LogP contribution in [-0.2, 0) is 0 Å². The van der Waals surface area contributed by atoms with E-state index in [1.165, 1.54) is 0 Å². The third-order valence-corrected chi connectivity index (χ3v) is 3.82. The number of aliphatic hydroxyl groups excluding tert-OH is 2. The van der Waals surface area contributed by atoms with Gasteiger partial charge in [-0.3, -0.25) is 0 Å². The number of methoxy groups -OCH3 is 2. The number of aliphatic hydroxyl groups is 2. The topological polar surface area (TPSA) is 58.9 Å². The minimum Gasteiger partial charge on any atom is -0.497 e. The molecular formula is C18H22O4. The molecule has 22 heavy (non-hydrogen) atoms. The zero-order valence-electron chi connectivity index (χ0n) is 13.1. The van der Waals surface area contributed by atoms with Crippen molar-refractivity contribution in [3.05, 3.63) is 59.7 Å². The molecule has 0 fully saturated rings. The molecule has 3 atom stereocenters. The normalized spacial score (nSPS) is 15.0. The monoisotopic (exact) mass is 302 g/mol. The standard InChI is InChI=1S/C18H22O4/c1-12(19)17(13-4-8-15(21-2)9-5-13)18(20)14-6-10-16(22-3)11-7-14/h4-12,17-20H,1-3H3/t12-,17+,18+/m0/s1. The predicted octanol–water partition coefficient (Wildman–Crippen LogP) is 2.90. The van der Waals surface area contributed by atoms with Gasteiger partial charge in [0, 0.05) is 5.92 Å². The van der Waals surface area contributed by atoms with Crippen molar-refractivity contribution in [2.75, 3.05) is 14.2 Å². The van der Waals surface area contributed by atoms with Gasteiger partial charge in [0.25, 0.3) is 0 Å². The summed E-state index contributed by atoms with van der Waals surface area (Å²) in [6.07, 6.45) is -1.50. The third-order valence-electron chi connectivity index (χ3n) is 3.82. The molecule has 0 amide bonds. The summed E-state index contributed by atoms with van der Waals surface area (Å²) in [5.41, 5.74) is 1.60. The maximum absolute atomic E-state index is 10.7. The first-order valence-electron chi connectivity index (χ1n) is 7.21. The summed E-state index contributed by atoms with van der Waals surface area (Å²) >= 11 is 0. The maximum Gasteiger partial charge on any atom is 0.118 e. The van der Waals surface area contributed by atoms with Gasteiger partial charge in [0.1, 0.15) is 11.5 Å². The van der Waals surface area contributed by atoms with E-state index in [4.69, 9.17) is 9.47 Å². The molecule has 0 aliphatic rings. The highest BCUT2D eigenvalue weighted by Crippen LogP contribution is 2.35. The van der Waals surface area contributed by atoms with E-state index >= 15 is 0 Å². The van der Waals surface area contributed by atoms with E-state index in [-0.39, 0.29) is 0 Å². The highest BCUT2D eigenvalue weighted by molar-refractivity contribution is 5.34. The summed E-state index contributed by atoms with van der Waals surface area (Å²) < 4.78 is 10.3. The van der Waals surface area contributed by atoms with E-state index in [9.17, 15) is 10.2 Å². The van der Waals surface area contributed by atoms with Crippen molar-refractivity contribution < 1.29 is 19.7 Å². The SMILES string of the molecule is COc1ccc([C@@H]([C@H](C)O)[C@H](O)c2ccc(OC)cc2)cc1. The zero-order chi connectivity index (χ0) is 16.1. The van der Waals surface area contributed by atoms with Crippen LogP contribution < -0.4 is 9.47 Å². The molecule has 2 rings (SSSR count). The first-order chi connectivity index (χ1) is 10.6. The number of benzene rings is 2. The second kappa shape index (κ2) is 7.29. The Bertz CT molecular complexity index is 575. The summed E-state index contributed by atoms with van der Waals surface area (Å²) in [5, 5.41) is 20.8. The third kappa shape index (κ3) is 3.59. The van der Waals surface area contributed by atoms with Crippen LogP contribution >= 0.6 is 0 Å². The first-order valence-corrected chi connectivity index (χ1v) is 7.21. The molecule has 4 nitrogen and oxygen atoms in total. The molecular weight excluding hydrogens is 280 g/mol. The molecule has 4 heteroatoms. The molecule has 0 saturated heterocycles. The molecule has 0 heterocycles. The Kier molecular flexibility index (Phi) is 5.41. The molecule has 0 saturated carbocycles. The Labute approximate surface area is 130 Å². The molecule has 2 aromatic rings. The lowest BCUT2D eigenvalue weighted by Gasteiger charge is -2.26. The van der Waals surface area contributed by atoms with Crippen LogP contribution in [0, 0.1) is 0 Å². The van der Waals surface area contributed by atoms with Crippen LogP contribution in [0.2, 0.25) is 0 Å². The van der Waals surface area contributed by atoms with Crippen molar-refractivity contribution in [1.29, 1.82) is 0 Å². The van der Waals surface area contributed by atoms with Crippen molar-refractivity contribution in [3.63, 3.8) is 0 Å². The molecule has 2 N–H and O–H groups in total. The molecule has 0 aromatic heterocycles. The number of hydrogen-bond acceptors (Lipinski definition) is 4. The summed E-state index contributed by atoms with van der Waals surface area (Å²) in [6, 6.07) is 14.6. The predicted molar refractivity (Wildman–Crippen MR) is 85.4 cm³/mol. The smallest absolute Gasteiger partial charge is 0.118 e. The summed E-state index contributed by atoms with van der Waals surface area (Å²) in [7, 11) is 3.20. The van der Waals surface area contributed by atoms with Gasteiger partial charge in [0.2, 0.25) is 0 Å². The fourth-order valence-corrected chi connectivity index (χ4v) is 2.56. The van der Waals surface area contributed by atoms with Gasteiger partial charge in [-0.05, 0) is 42.3 Å². The highest BCUT2D eigenvalue weighted by Gasteiger charge is 2.27. The molecule has 118 valence electrons. The quantitative estimate of drug-likeness (QED) is 0.861. The second-order valence-corrected chi connectivity index (χ2v) is 5.26. The van der Waals surface area contributed by atoms with Gasteiger partial charge in [-0.2, -0.15) is 0 Å². The molecule has 2 aromatic carbocycles. The molecule has 0 bridgehead atoms. The van der Waals surface area contributed by atoms with Gasteiger partial charge in [-0.1, -0.05) is 24.3 Å². The van der Waals surface area contributed by atoms with Gasteiger partial charge in [-0.25, -0.2) is 0 Å². The second-order valence-electron chi connectivity index (χ2n) is 5.26. The fraction of sp³-hybridized carbons (Fsp3) is 0.333. The maximum atomic E-state index is 10.7. The largest absolute Gasteiger partial charge is 0.497 e. The van der Waals surface area contributed by atoms with Crippen molar-refractivity contribution in [2.24, 2.45) is 0 Å². The van der Waals surface area contributed by atoms with Gasteiger partial charge < -0.3 is 19.7 Å². The summed E-state index contributed by atoms with van der Waals surface area (Å²) in [4.78, 5) is 0. The Morgan fingerprint density at radius 2 is 1.14 bits per heavy atom. The van der Waals surface area contributed by atoms with Crippen LogP contribution in [-0.4, -0.2) is 30.5 Å². The Morgan fingerprint density at radius 3 is 1.50 bits per heavy atom. The van der Waals surface area contributed by atoms with E-state index in [1.807, 2.05) is 36.4 Å². The van der Waals surface area contributed by atoms with Gasteiger partial charge in [-0.15, -0.1) is 0 Å². The van der Waals surface area contributed by atoms with Gasteiger partial charge in [0.05, 0.1) is 26.4 Å². The summed E-state index contributed by atoms with van der Waals surface area (Å²) in [5.74, 6) is 1.06. The lowest BCUT2D eigenvalue weighted by molar-refractivity contribution is 0.0618. The highest BCUT2D eigenvalue weighted by atomic mass is 16.5. The lowest BCUT2D eigenvalue weighted by atomic mass is 9.85. The Hall–Kier alpha value is -2.04. The van der Waals surface area contributed by atoms with Crippen LogP contribution in [0.4, 0.5) is 0 Å². The van der Waals surface area contributed by atoms with Crippen molar-refractivity contribution in [3.8, 4) is 11.5 Å². The van der Waals surface area contributed by atoms with E-state index in [2.05, 4.69) is 0 Å². The van der Waals surface area contributed by atoms with E-state index < -0.39 is 18.1 Å². The number of rotatable bonds is 6. The van der Waals surface area contributed by atoms with Crippen LogP contribution in [0.5, 0.6) is 11.5 Å². The minimum absolute atomic E-state index is 0.417. The van der Waals surface area contributed by atoms with Crippen LogP contribution in [0.3, 0.4) is 0 Å². The van der Waals surface area contributed by atoms with Crippen LogP contribution in [0.1, 0.15) is 30.1 Å². The van der Waals surface area contributed by atoms with E-state index in [0.29, 0.717) is 0 Å². The average Bonchev–Trinajstić information content (AvgIpc) is 2.55. The zero-order valence-corrected chi connectivity index (χ0v) is 13.1. The van der Waals surface area contributed by atoms with Crippen molar-refractivity contribution in [2.45, 2.75) is 25.0 Å². The number of ether oxygens (including phenoxy) is 2. The molecule has 0 aliphatic heterocycles. The van der Waals surface area contributed by atoms with E-state index in [0.717, 1.165) is 22.6 Å². The average molecular weight is 302 g/mol. The van der Waals surface area contributed by atoms with Gasteiger partial charge >= 0.3 is 0 Å². The fourth-order valence-electron chi connectivity index (χ4n) is 2.56. The van der Waals surface area contributed by atoms with Crippen molar-refractivity contribution in [1.82, 2.24) is 0 Å². The molecule has 0 unspecified atom stereocenters. The Morgan fingerprint density at radius 1 is 0.727 bits per heavy atom. The molecule has 0 radical (unpaired) electrons. The minimum atomic E-state index is -0.806. The van der Waals surface area contributed by atoms with Gasteiger partial charge in [0.15, 0.2) is 0 Å². The Balaban J connectivity index is 2.28. The van der Waals surface area contributed by atoms with Crippen LogP contribution in [0.25, 0.3) is 0 Å². The van der Waals surface area contributed by atoms with Crippen molar-refractivity contribution >= 4 is 0 Å². The van der Waals surface area contributed by atoms with Crippen LogP contribution in [0.15, 0.2) is 48.5 Å².